The monoisotopic (exact) mass is 335 g/mol. The van der Waals surface area contributed by atoms with Crippen molar-refractivity contribution in [3.05, 3.63) is 22.6 Å². The Hall–Kier alpha value is 0.0600. The summed E-state index contributed by atoms with van der Waals surface area (Å²) >= 11 is 19.1. The van der Waals surface area contributed by atoms with E-state index in [0.717, 1.165) is 0 Å². The van der Waals surface area contributed by atoms with E-state index in [0.29, 0.717) is 4.47 Å². The second-order valence-electron chi connectivity index (χ2n) is 2.55. The third-order valence-electron chi connectivity index (χ3n) is 1.37. The van der Waals surface area contributed by atoms with Gasteiger partial charge in [0.15, 0.2) is 12.0 Å². The summed E-state index contributed by atoms with van der Waals surface area (Å²) in [7, 11) is 0. The molecule has 1 amide bonds. The van der Waals surface area contributed by atoms with Crippen molar-refractivity contribution in [3.63, 3.8) is 0 Å². The van der Waals surface area contributed by atoms with Crippen LogP contribution >= 0.6 is 50.7 Å². The summed E-state index contributed by atoms with van der Waals surface area (Å²) in [6, 6.07) is 1.42. The molecule has 1 heterocycles. The first-order valence-electron chi connectivity index (χ1n) is 3.60. The summed E-state index contributed by atoms with van der Waals surface area (Å²) in [5.74, 6) is -0.685. The maximum atomic E-state index is 11.4. The summed E-state index contributed by atoms with van der Waals surface area (Å²) in [5, 5.41) is 11.3. The zero-order chi connectivity index (χ0) is 11.6. The van der Waals surface area contributed by atoms with Crippen LogP contribution in [0.15, 0.2) is 21.2 Å². The van der Waals surface area contributed by atoms with E-state index in [-0.39, 0.29) is 5.76 Å². The van der Waals surface area contributed by atoms with E-state index < -0.39 is 15.9 Å². The first kappa shape index (κ1) is 13.1. The van der Waals surface area contributed by atoms with Gasteiger partial charge in [-0.25, -0.2) is 0 Å². The van der Waals surface area contributed by atoms with Crippen LogP contribution in [0.2, 0.25) is 0 Å². The minimum absolute atomic E-state index is 0.00447. The fourth-order valence-electron chi connectivity index (χ4n) is 0.709. The van der Waals surface area contributed by atoms with E-state index in [1.807, 2.05) is 0 Å². The lowest BCUT2D eigenvalue weighted by Crippen LogP contribution is -2.43. The van der Waals surface area contributed by atoms with E-state index in [4.69, 9.17) is 39.2 Å². The standard InChI is InChI=1S/C7H5BrCl3NO3/c8-3-1-4(15-2-3)5(13)12-6(14)7(9,10)11/h1-2,6,14H,(H,12,13). The van der Waals surface area contributed by atoms with Crippen molar-refractivity contribution in [1.82, 2.24) is 5.32 Å². The lowest BCUT2D eigenvalue weighted by Gasteiger charge is -2.19. The van der Waals surface area contributed by atoms with Gasteiger partial charge in [0.2, 0.25) is 3.79 Å². The molecular formula is C7H5BrCl3NO3. The number of aliphatic hydroxyl groups excluding tert-OH is 1. The highest BCUT2D eigenvalue weighted by atomic mass is 79.9. The number of alkyl halides is 3. The highest BCUT2D eigenvalue weighted by Gasteiger charge is 2.32. The molecule has 0 fully saturated rings. The smallest absolute Gasteiger partial charge is 0.289 e. The summed E-state index contributed by atoms with van der Waals surface area (Å²) in [4.78, 5) is 11.4. The van der Waals surface area contributed by atoms with Crippen LogP contribution in [-0.4, -0.2) is 21.0 Å². The number of hydrogen-bond acceptors (Lipinski definition) is 3. The molecule has 0 aromatic carbocycles. The molecule has 0 saturated heterocycles. The van der Waals surface area contributed by atoms with Gasteiger partial charge in [0.25, 0.3) is 5.91 Å². The molecule has 84 valence electrons. The van der Waals surface area contributed by atoms with E-state index in [9.17, 15) is 9.90 Å². The minimum atomic E-state index is -1.99. The predicted molar refractivity (Wildman–Crippen MR) is 60.2 cm³/mol. The van der Waals surface area contributed by atoms with Crippen LogP contribution in [0.1, 0.15) is 10.6 Å². The number of amides is 1. The van der Waals surface area contributed by atoms with Gasteiger partial charge in [-0.2, -0.15) is 0 Å². The minimum Gasteiger partial charge on any atom is -0.458 e. The third-order valence-corrected chi connectivity index (χ3v) is 2.41. The number of rotatable bonds is 2. The van der Waals surface area contributed by atoms with Gasteiger partial charge in [-0.3, -0.25) is 4.79 Å². The van der Waals surface area contributed by atoms with Crippen molar-refractivity contribution < 1.29 is 14.3 Å². The van der Waals surface area contributed by atoms with Gasteiger partial charge >= 0.3 is 0 Å². The molecule has 8 heteroatoms. The van der Waals surface area contributed by atoms with Crippen molar-refractivity contribution in [3.8, 4) is 0 Å². The number of carbonyl (C=O) groups is 1. The van der Waals surface area contributed by atoms with Crippen molar-refractivity contribution >= 4 is 56.6 Å². The largest absolute Gasteiger partial charge is 0.458 e. The Morgan fingerprint density at radius 1 is 1.60 bits per heavy atom. The van der Waals surface area contributed by atoms with Crippen LogP contribution in [0.4, 0.5) is 0 Å². The highest BCUT2D eigenvalue weighted by Crippen LogP contribution is 2.29. The van der Waals surface area contributed by atoms with Crippen molar-refractivity contribution in [1.29, 1.82) is 0 Å². The summed E-state index contributed by atoms with van der Waals surface area (Å²) in [5.41, 5.74) is 0. The van der Waals surface area contributed by atoms with Gasteiger partial charge < -0.3 is 14.8 Å². The molecule has 0 aliphatic carbocycles. The Bertz CT molecular complexity index is 363. The second-order valence-corrected chi connectivity index (χ2v) is 5.83. The Morgan fingerprint density at radius 3 is 2.60 bits per heavy atom. The van der Waals surface area contributed by atoms with Crippen LogP contribution in [0.25, 0.3) is 0 Å². The van der Waals surface area contributed by atoms with Gasteiger partial charge in [-0.05, 0) is 15.9 Å². The molecule has 0 aliphatic heterocycles. The molecule has 1 atom stereocenters. The van der Waals surface area contributed by atoms with Crippen LogP contribution in [0, 0.1) is 0 Å². The molecule has 4 nitrogen and oxygen atoms in total. The maximum Gasteiger partial charge on any atom is 0.289 e. The third kappa shape index (κ3) is 3.85. The number of furan rings is 1. The second kappa shape index (κ2) is 4.93. The molecule has 0 bridgehead atoms. The molecular weight excluding hydrogens is 332 g/mol. The predicted octanol–water partition coefficient (Wildman–Crippen LogP) is 2.46. The zero-order valence-corrected chi connectivity index (χ0v) is 10.9. The molecule has 2 N–H and O–H groups in total. The molecule has 0 radical (unpaired) electrons. The molecule has 0 spiro atoms. The Morgan fingerprint density at radius 2 is 2.20 bits per heavy atom. The molecule has 15 heavy (non-hydrogen) atoms. The first-order chi connectivity index (χ1) is 6.80. The van der Waals surface area contributed by atoms with Crippen molar-refractivity contribution in [2.24, 2.45) is 0 Å². The number of hydrogen-bond donors (Lipinski definition) is 2. The molecule has 1 aromatic rings. The molecule has 1 aromatic heterocycles. The van der Waals surface area contributed by atoms with Crippen molar-refractivity contribution in [2.75, 3.05) is 0 Å². The van der Waals surface area contributed by atoms with E-state index >= 15 is 0 Å². The fraction of sp³-hybridized carbons (Fsp3) is 0.286. The number of halogens is 4. The average Bonchev–Trinajstić information content (AvgIpc) is 2.50. The van der Waals surface area contributed by atoms with Crippen LogP contribution < -0.4 is 5.32 Å². The Balaban J connectivity index is 2.64. The van der Waals surface area contributed by atoms with E-state index in [2.05, 4.69) is 21.2 Å². The van der Waals surface area contributed by atoms with Gasteiger partial charge in [-0.1, -0.05) is 34.8 Å². The van der Waals surface area contributed by atoms with E-state index in [1.165, 1.54) is 12.3 Å². The van der Waals surface area contributed by atoms with Gasteiger partial charge in [0, 0.05) is 6.07 Å². The quantitative estimate of drug-likeness (QED) is 0.644. The SMILES string of the molecule is O=C(NC(O)C(Cl)(Cl)Cl)c1cc(Br)co1. The zero-order valence-electron chi connectivity index (χ0n) is 7.01. The highest BCUT2D eigenvalue weighted by molar-refractivity contribution is 9.10. The van der Waals surface area contributed by atoms with Crippen LogP contribution in [0.3, 0.4) is 0 Å². The number of aliphatic hydroxyl groups is 1. The molecule has 1 rings (SSSR count). The Kier molecular flexibility index (Phi) is 4.31. The topological polar surface area (TPSA) is 62.5 Å². The number of nitrogens with one attached hydrogen (secondary N) is 1. The number of carbonyl (C=O) groups excluding carboxylic acids is 1. The molecule has 0 aliphatic rings. The first-order valence-corrected chi connectivity index (χ1v) is 5.53. The summed E-state index contributed by atoms with van der Waals surface area (Å²) in [6.07, 6.45) is -0.296. The lowest BCUT2D eigenvalue weighted by atomic mass is 10.4. The summed E-state index contributed by atoms with van der Waals surface area (Å²) < 4.78 is 3.45. The Labute approximate surface area is 109 Å². The normalized spacial score (nSPS) is 13.7. The molecule has 1 unspecified atom stereocenters. The summed E-state index contributed by atoms with van der Waals surface area (Å²) in [6.45, 7) is 0. The van der Waals surface area contributed by atoms with Crippen molar-refractivity contribution in [2.45, 2.75) is 10.0 Å². The van der Waals surface area contributed by atoms with Gasteiger partial charge in [-0.15, -0.1) is 0 Å². The maximum absolute atomic E-state index is 11.4. The average molecular weight is 337 g/mol. The fourth-order valence-corrected chi connectivity index (χ4v) is 1.17. The van der Waals surface area contributed by atoms with E-state index in [1.54, 1.807) is 0 Å². The van der Waals surface area contributed by atoms with Gasteiger partial charge in [0.1, 0.15) is 6.26 Å². The molecule has 0 saturated carbocycles. The van der Waals surface area contributed by atoms with Gasteiger partial charge in [0.05, 0.1) is 4.47 Å². The lowest BCUT2D eigenvalue weighted by molar-refractivity contribution is 0.0764. The van der Waals surface area contributed by atoms with Crippen LogP contribution in [-0.2, 0) is 0 Å². The van der Waals surface area contributed by atoms with Crippen LogP contribution in [0.5, 0.6) is 0 Å².